The van der Waals surface area contributed by atoms with E-state index in [2.05, 4.69) is 135 Å². The van der Waals surface area contributed by atoms with Crippen LogP contribution in [0.1, 0.15) is 72.9 Å². The van der Waals surface area contributed by atoms with Crippen molar-refractivity contribution in [3.63, 3.8) is 0 Å². The number of para-hydroxylation sites is 1. The van der Waals surface area contributed by atoms with E-state index in [-0.39, 0.29) is 10.8 Å². The van der Waals surface area contributed by atoms with Gasteiger partial charge in [0, 0.05) is 39.6 Å². The number of aromatic nitrogens is 3. The van der Waals surface area contributed by atoms with Gasteiger partial charge >= 0.3 is 0 Å². The summed E-state index contributed by atoms with van der Waals surface area (Å²) in [4.78, 5) is 20.2. The van der Waals surface area contributed by atoms with Gasteiger partial charge in [-0.2, -0.15) is 0 Å². The number of hydrogen-bond acceptors (Lipinski definition) is 4. The highest BCUT2D eigenvalue weighted by molar-refractivity contribution is 6.11. The highest BCUT2D eigenvalue weighted by Crippen LogP contribution is 2.51. The molecule has 8 aromatic rings. The highest BCUT2D eigenvalue weighted by Gasteiger charge is 2.37. The standard InChI is InChI=1S/C49H40N6/c1-48(2)38-19-11-8-16-32(38)34-23-22-31(26-40(34)48)45(50)54-46(52-29-30-14-6-5-7-15-30)42-24-25-51-47(53-42)55-43-21-13-10-18-35(43)37-27-36-33-17-9-12-20-39(33)49(3,4)41(36)28-44(37)55/h5-29,46H,1-4H3,(H2,50,54)/b52-29+. The van der Waals surface area contributed by atoms with Crippen LogP contribution in [0, 0.1) is 0 Å². The first kappa shape index (κ1) is 32.9. The Morgan fingerprint density at radius 3 is 2.02 bits per heavy atom. The number of benzene rings is 6. The second-order valence-electron chi connectivity index (χ2n) is 15.7. The first-order chi connectivity index (χ1) is 26.7. The SMILES string of the molecule is CC1(C)c2ccccc2-c2ccc(/C(N)=N/C(/N=C/c3ccccc3)c3ccnc(-n4c5ccccc5c5cc6c(cc54)C(C)(C)c4ccccc4-6)n3)cc21. The predicted molar refractivity (Wildman–Crippen MR) is 225 cm³/mol. The fraction of sp³-hybridized carbons (Fsp3) is 0.143. The second-order valence-corrected chi connectivity index (χ2v) is 15.7. The molecule has 6 aromatic carbocycles. The van der Waals surface area contributed by atoms with Crippen LogP contribution in [-0.2, 0) is 10.8 Å². The van der Waals surface area contributed by atoms with Crippen molar-refractivity contribution in [3.8, 4) is 28.2 Å². The number of hydrogen-bond donors (Lipinski definition) is 1. The summed E-state index contributed by atoms with van der Waals surface area (Å²) in [6, 6.07) is 48.9. The van der Waals surface area contributed by atoms with Gasteiger partial charge in [-0.05, 0) is 80.4 Å². The van der Waals surface area contributed by atoms with Gasteiger partial charge in [-0.15, -0.1) is 0 Å². The molecule has 6 nitrogen and oxygen atoms in total. The van der Waals surface area contributed by atoms with E-state index in [0.29, 0.717) is 17.5 Å². The number of nitrogens with two attached hydrogens (primary N) is 1. The third-order valence-electron chi connectivity index (χ3n) is 11.8. The summed E-state index contributed by atoms with van der Waals surface area (Å²) in [5.74, 6) is 0.960. The molecule has 0 aliphatic heterocycles. The minimum atomic E-state index is -0.716. The summed E-state index contributed by atoms with van der Waals surface area (Å²) >= 11 is 0. The highest BCUT2D eigenvalue weighted by atomic mass is 15.2. The van der Waals surface area contributed by atoms with Crippen molar-refractivity contribution in [1.29, 1.82) is 0 Å². The lowest BCUT2D eigenvalue weighted by molar-refractivity contribution is 0.660. The van der Waals surface area contributed by atoms with E-state index >= 15 is 0 Å². The van der Waals surface area contributed by atoms with Crippen molar-refractivity contribution in [2.24, 2.45) is 15.7 Å². The molecule has 0 fully saturated rings. The molecule has 10 rings (SSSR count). The van der Waals surface area contributed by atoms with Gasteiger partial charge in [-0.1, -0.05) is 137 Å². The van der Waals surface area contributed by atoms with Gasteiger partial charge in [-0.3, -0.25) is 9.56 Å². The Kier molecular flexibility index (Phi) is 7.30. The Balaban J connectivity index is 1.11. The summed E-state index contributed by atoms with van der Waals surface area (Å²) in [6.07, 6.45) is 2.93. The number of aliphatic imine (C=N–C) groups is 2. The maximum atomic E-state index is 6.91. The van der Waals surface area contributed by atoms with Crippen LogP contribution >= 0.6 is 0 Å². The monoisotopic (exact) mass is 712 g/mol. The third-order valence-corrected chi connectivity index (χ3v) is 11.8. The Labute approximate surface area is 320 Å². The average molecular weight is 713 g/mol. The topological polar surface area (TPSA) is 81.5 Å². The lowest BCUT2D eigenvalue weighted by Gasteiger charge is -2.22. The molecule has 0 bridgehead atoms. The molecule has 0 amide bonds. The summed E-state index contributed by atoms with van der Waals surface area (Å²) in [7, 11) is 0. The first-order valence-electron chi connectivity index (χ1n) is 18.9. The Hall–Kier alpha value is -6.66. The lowest BCUT2D eigenvalue weighted by atomic mass is 9.82. The smallest absolute Gasteiger partial charge is 0.234 e. The van der Waals surface area contributed by atoms with Crippen LogP contribution in [0.3, 0.4) is 0 Å². The molecule has 2 N–H and O–H groups in total. The van der Waals surface area contributed by atoms with Gasteiger partial charge in [-0.25, -0.2) is 15.0 Å². The zero-order valence-corrected chi connectivity index (χ0v) is 31.3. The second kappa shape index (κ2) is 12.2. The number of rotatable bonds is 6. The number of amidine groups is 1. The van der Waals surface area contributed by atoms with Crippen molar-refractivity contribution in [1.82, 2.24) is 14.5 Å². The quantitative estimate of drug-likeness (QED) is 0.138. The molecule has 0 radical (unpaired) electrons. The molecule has 1 unspecified atom stereocenters. The molecule has 0 saturated carbocycles. The molecule has 6 heteroatoms. The van der Waals surface area contributed by atoms with E-state index < -0.39 is 6.17 Å². The van der Waals surface area contributed by atoms with Crippen molar-refractivity contribution < 1.29 is 0 Å². The molecule has 1 atom stereocenters. The fourth-order valence-electron chi connectivity index (χ4n) is 8.93. The van der Waals surface area contributed by atoms with Gasteiger partial charge < -0.3 is 5.73 Å². The minimum absolute atomic E-state index is 0.150. The van der Waals surface area contributed by atoms with Crippen LogP contribution in [-0.4, -0.2) is 26.6 Å². The molecule has 0 spiro atoms. The van der Waals surface area contributed by atoms with Crippen LogP contribution in [0.25, 0.3) is 50.0 Å². The van der Waals surface area contributed by atoms with E-state index in [4.69, 9.17) is 25.7 Å². The van der Waals surface area contributed by atoms with E-state index in [1.54, 1.807) is 6.20 Å². The summed E-state index contributed by atoms with van der Waals surface area (Å²) < 4.78 is 2.18. The Morgan fingerprint density at radius 1 is 0.618 bits per heavy atom. The normalized spacial score (nSPS) is 15.6. The molecular formula is C49H40N6. The average Bonchev–Trinajstić information content (AvgIpc) is 3.75. The van der Waals surface area contributed by atoms with Crippen molar-refractivity contribution in [2.45, 2.75) is 44.7 Å². The van der Waals surface area contributed by atoms with Gasteiger partial charge in [0.25, 0.3) is 0 Å². The van der Waals surface area contributed by atoms with Crippen LogP contribution in [0.4, 0.5) is 0 Å². The first-order valence-corrected chi connectivity index (χ1v) is 18.9. The molecule has 2 aliphatic rings. The van der Waals surface area contributed by atoms with Gasteiger partial charge in [0.2, 0.25) is 5.95 Å². The molecular weight excluding hydrogens is 673 g/mol. The molecule has 2 aliphatic carbocycles. The molecule has 0 saturated heterocycles. The van der Waals surface area contributed by atoms with Crippen LogP contribution < -0.4 is 5.73 Å². The molecule has 2 aromatic heterocycles. The molecule has 2 heterocycles. The van der Waals surface area contributed by atoms with Gasteiger partial charge in [0.05, 0.1) is 16.7 Å². The summed E-state index contributed by atoms with van der Waals surface area (Å²) in [6.45, 7) is 9.16. The largest absolute Gasteiger partial charge is 0.383 e. The van der Waals surface area contributed by atoms with Crippen molar-refractivity contribution in [3.05, 3.63) is 185 Å². The van der Waals surface area contributed by atoms with E-state index in [9.17, 15) is 0 Å². The number of nitrogens with zero attached hydrogens (tertiary/aromatic N) is 5. The molecule has 266 valence electrons. The number of fused-ring (bicyclic) bond motifs is 9. The predicted octanol–water partition coefficient (Wildman–Crippen LogP) is 10.7. The fourth-order valence-corrected chi connectivity index (χ4v) is 8.93. The van der Waals surface area contributed by atoms with Gasteiger partial charge in [0.1, 0.15) is 5.84 Å². The Morgan fingerprint density at radius 2 is 1.25 bits per heavy atom. The lowest BCUT2D eigenvalue weighted by Crippen LogP contribution is -2.19. The summed E-state index contributed by atoms with van der Waals surface area (Å²) in [5.41, 5.74) is 21.5. The van der Waals surface area contributed by atoms with Crippen molar-refractivity contribution >= 4 is 33.9 Å². The maximum Gasteiger partial charge on any atom is 0.234 e. The summed E-state index contributed by atoms with van der Waals surface area (Å²) in [5, 5.41) is 2.32. The van der Waals surface area contributed by atoms with Gasteiger partial charge in [0.15, 0.2) is 6.17 Å². The maximum absolute atomic E-state index is 6.91. The Bertz CT molecular complexity index is 2890. The van der Waals surface area contributed by atoms with E-state index in [0.717, 1.165) is 27.5 Å². The zero-order valence-electron chi connectivity index (χ0n) is 31.3. The van der Waals surface area contributed by atoms with Crippen LogP contribution in [0.5, 0.6) is 0 Å². The van der Waals surface area contributed by atoms with Crippen LogP contribution in [0.2, 0.25) is 0 Å². The molecule has 55 heavy (non-hydrogen) atoms. The van der Waals surface area contributed by atoms with E-state index in [1.165, 1.54) is 49.9 Å². The minimum Gasteiger partial charge on any atom is -0.383 e. The van der Waals surface area contributed by atoms with Crippen LogP contribution in [0.15, 0.2) is 156 Å². The van der Waals surface area contributed by atoms with Crippen molar-refractivity contribution in [2.75, 3.05) is 0 Å². The zero-order chi connectivity index (χ0) is 37.5. The van der Waals surface area contributed by atoms with E-state index in [1.807, 2.05) is 42.6 Å². The third kappa shape index (κ3) is 5.09.